The highest BCUT2D eigenvalue weighted by Crippen LogP contribution is 2.30. The van der Waals surface area contributed by atoms with Gasteiger partial charge in [0.15, 0.2) is 0 Å². The van der Waals surface area contributed by atoms with E-state index in [-0.39, 0.29) is 34.8 Å². The first kappa shape index (κ1) is 34.2. The minimum atomic E-state index is -4.50. The number of ether oxygens (including phenoxy) is 2. The molecule has 1 saturated carbocycles. The van der Waals surface area contributed by atoms with Gasteiger partial charge in [-0.1, -0.05) is 38.0 Å². The monoisotopic (exact) mass is 652 g/mol. The topological polar surface area (TPSA) is 148 Å². The Balaban J connectivity index is 1.75. The maximum Gasteiger partial charge on any atom is 0.273 e. The second kappa shape index (κ2) is 15.1. The summed E-state index contributed by atoms with van der Waals surface area (Å²) in [6, 6.07) is 15.9. The highest BCUT2D eigenvalue weighted by molar-refractivity contribution is 7.92. The number of sulfonamides is 1. The molecule has 3 aromatic carbocycles. The number of aryl methyl sites for hydroxylation is 1. The van der Waals surface area contributed by atoms with Crippen molar-refractivity contribution in [1.82, 2.24) is 10.2 Å². The summed E-state index contributed by atoms with van der Waals surface area (Å²) in [7, 11) is -1.49. The van der Waals surface area contributed by atoms with Crippen LogP contribution in [0.5, 0.6) is 11.5 Å². The smallest absolute Gasteiger partial charge is 0.273 e. The molecule has 0 heterocycles. The van der Waals surface area contributed by atoms with Crippen LogP contribution in [0.25, 0.3) is 0 Å². The standard InChI is InChI=1S/C33H40N4O8S/c1-5-30(33(39)34-25-8-6-7-9-25)35(21-24-11-15-27(44-3)16-12-24)32(38)22-36(26-13-17-28(45-4)18-14-26)46(42,43)29-19-10-23(2)31(20-29)37(40)41/h10-20,25,30H,5-9,21-22H2,1-4H3,(H,34,39)/t30-/m1/s1. The third-order valence-electron chi connectivity index (χ3n) is 8.20. The first-order chi connectivity index (χ1) is 22.0. The van der Waals surface area contributed by atoms with Crippen molar-refractivity contribution < 1.29 is 32.4 Å². The summed E-state index contributed by atoms with van der Waals surface area (Å²) >= 11 is 0. The Morgan fingerprint density at radius 2 is 1.57 bits per heavy atom. The number of nitrogens with one attached hydrogen (secondary N) is 1. The normalized spacial score (nSPS) is 13.9. The Hall–Kier alpha value is -4.65. The molecule has 246 valence electrons. The molecule has 0 bridgehead atoms. The fourth-order valence-corrected chi connectivity index (χ4v) is 7.00. The summed E-state index contributed by atoms with van der Waals surface area (Å²) in [5.74, 6) is 0.167. The van der Waals surface area contributed by atoms with E-state index in [1.807, 2.05) is 0 Å². The van der Waals surface area contributed by atoms with Crippen molar-refractivity contribution in [3.63, 3.8) is 0 Å². The van der Waals surface area contributed by atoms with E-state index >= 15 is 0 Å². The van der Waals surface area contributed by atoms with Crippen LogP contribution in [0.1, 0.15) is 50.2 Å². The number of methoxy groups -OCH3 is 2. The molecule has 4 rings (SSSR count). The van der Waals surface area contributed by atoms with Gasteiger partial charge in [-0.25, -0.2) is 8.42 Å². The second-order valence-electron chi connectivity index (χ2n) is 11.2. The zero-order chi connectivity index (χ0) is 33.4. The van der Waals surface area contributed by atoms with E-state index in [1.54, 1.807) is 50.4 Å². The number of nitro benzene ring substituents is 1. The molecule has 12 nitrogen and oxygen atoms in total. The maximum atomic E-state index is 14.3. The van der Waals surface area contributed by atoms with Gasteiger partial charge in [0.1, 0.15) is 24.1 Å². The molecule has 1 atom stereocenters. The molecule has 0 saturated heterocycles. The summed E-state index contributed by atoms with van der Waals surface area (Å²) in [5, 5.41) is 14.7. The summed E-state index contributed by atoms with van der Waals surface area (Å²) in [4.78, 5) is 40.0. The number of hydrogen-bond acceptors (Lipinski definition) is 8. The van der Waals surface area contributed by atoms with Crippen LogP contribution in [0.2, 0.25) is 0 Å². The van der Waals surface area contributed by atoms with Crippen LogP contribution >= 0.6 is 0 Å². The third kappa shape index (κ3) is 7.94. The zero-order valence-corrected chi connectivity index (χ0v) is 27.3. The van der Waals surface area contributed by atoms with E-state index in [0.717, 1.165) is 36.1 Å². The molecule has 0 spiro atoms. The number of anilines is 1. The van der Waals surface area contributed by atoms with E-state index < -0.39 is 33.4 Å². The van der Waals surface area contributed by atoms with Gasteiger partial charge in [0, 0.05) is 24.2 Å². The van der Waals surface area contributed by atoms with Crippen LogP contribution in [0.4, 0.5) is 11.4 Å². The molecule has 1 N–H and O–H groups in total. The van der Waals surface area contributed by atoms with Crippen LogP contribution in [0.15, 0.2) is 71.6 Å². The van der Waals surface area contributed by atoms with E-state index in [9.17, 15) is 28.1 Å². The molecule has 1 fully saturated rings. The molecule has 0 radical (unpaired) electrons. The molecule has 0 aliphatic heterocycles. The van der Waals surface area contributed by atoms with Gasteiger partial charge in [-0.15, -0.1) is 0 Å². The minimum Gasteiger partial charge on any atom is -0.497 e. The molecular formula is C33H40N4O8S. The van der Waals surface area contributed by atoms with Crippen molar-refractivity contribution >= 4 is 33.2 Å². The van der Waals surface area contributed by atoms with Crippen LogP contribution in [-0.4, -0.2) is 62.9 Å². The van der Waals surface area contributed by atoms with Crippen LogP contribution < -0.4 is 19.1 Å². The van der Waals surface area contributed by atoms with Gasteiger partial charge in [-0.3, -0.25) is 24.0 Å². The summed E-state index contributed by atoms with van der Waals surface area (Å²) < 4.78 is 39.7. The van der Waals surface area contributed by atoms with Crippen molar-refractivity contribution in [3.8, 4) is 11.5 Å². The fourth-order valence-electron chi connectivity index (χ4n) is 5.57. The van der Waals surface area contributed by atoms with Gasteiger partial charge in [-0.05, 0) is 74.2 Å². The van der Waals surface area contributed by atoms with Crippen LogP contribution in [0.3, 0.4) is 0 Å². The van der Waals surface area contributed by atoms with Crippen molar-refractivity contribution in [3.05, 3.63) is 88.0 Å². The van der Waals surface area contributed by atoms with Gasteiger partial charge in [-0.2, -0.15) is 0 Å². The third-order valence-corrected chi connectivity index (χ3v) is 9.97. The SMILES string of the molecule is CC[C@H](C(=O)NC1CCCC1)N(Cc1ccc(OC)cc1)C(=O)CN(c1ccc(OC)cc1)S(=O)(=O)c1ccc(C)c([N+](=O)[O-])c1. The number of nitro groups is 1. The van der Waals surface area contributed by atoms with Gasteiger partial charge >= 0.3 is 0 Å². The van der Waals surface area contributed by atoms with Gasteiger partial charge in [0.25, 0.3) is 15.7 Å². The predicted molar refractivity (Wildman–Crippen MR) is 173 cm³/mol. The minimum absolute atomic E-state index is 0.0213. The number of carbonyl (C=O) groups is 2. The molecule has 2 amide bonds. The molecule has 1 aliphatic carbocycles. The van der Waals surface area contributed by atoms with Crippen LogP contribution in [0, 0.1) is 17.0 Å². The van der Waals surface area contributed by atoms with Crippen molar-refractivity contribution in [1.29, 1.82) is 0 Å². The number of nitrogens with zero attached hydrogens (tertiary/aromatic N) is 3. The van der Waals surface area contributed by atoms with Gasteiger partial charge in [0.05, 0.1) is 29.7 Å². The highest BCUT2D eigenvalue weighted by Gasteiger charge is 2.35. The summed E-state index contributed by atoms with van der Waals surface area (Å²) in [5.41, 5.74) is 0.790. The lowest BCUT2D eigenvalue weighted by Gasteiger charge is -2.33. The summed E-state index contributed by atoms with van der Waals surface area (Å²) in [6.07, 6.45) is 4.05. The Kier molecular flexibility index (Phi) is 11.2. The molecule has 0 aromatic heterocycles. The Bertz CT molecular complexity index is 1640. The van der Waals surface area contributed by atoms with Gasteiger partial charge in [0.2, 0.25) is 11.8 Å². The Labute approximate surface area is 269 Å². The molecule has 13 heteroatoms. The zero-order valence-electron chi connectivity index (χ0n) is 26.5. The van der Waals surface area contributed by atoms with Crippen molar-refractivity contribution in [2.24, 2.45) is 0 Å². The number of benzene rings is 3. The van der Waals surface area contributed by atoms with E-state index in [2.05, 4.69) is 5.32 Å². The van der Waals surface area contributed by atoms with E-state index in [0.29, 0.717) is 29.0 Å². The molecule has 0 unspecified atom stereocenters. The Morgan fingerprint density at radius 1 is 0.978 bits per heavy atom. The lowest BCUT2D eigenvalue weighted by atomic mass is 10.1. The molecular weight excluding hydrogens is 612 g/mol. The highest BCUT2D eigenvalue weighted by atomic mass is 32.2. The molecule has 1 aliphatic rings. The Morgan fingerprint density at radius 3 is 2.11 bits per heavy atom. The molecule has 46 heavy (non-hydrogen) atoms. The number of rotatable bonds is 14. The van der Waals surface area contributed by atoms with Crippen molar-refractivity contribution in [2.75, 3.05) is 25.1 Å². The summed E-state index contributed by atoms with van der Waals surface area (Å²) in [6.45, 7) is 2.68. The fraction of sp³-hybridized carbons (Fsp3) is 0.394. The van der Waals surface area contributed by atoms with E-state index in [1.165, 1.54) is 43.2 Å². The van der Waals surface area contributed by atoms with Crippen molar-refractivity contribution in [2.45, 2.75) is 69.5 Å². The largest absolute Gasteiger partial charge is 0.497 e. The molecule has 3 aromatic rings. The van der Waals surface area contributed by atoms with Crippen LogP contribution in [-0.2, 0) is 26.2 Å². The quantitative estimate of drug-likeness (QED) is 0.189. The van der Waals surface area contributed by atoms with E-state index in [4.69, 9.17) is 9.47 Å². The number of amides is 2. The number of hydrogen-bond donors (Lipinski definition) is 1. The number of carbonyl (C=O) groups excluding carboxylic acids is 2. The average molecular weight is 653 g/mol. The predicted octanol–water partition coefficient (Wildman–Crippen LogP) is 4.98. The lowest BCUT2D eigenvalue weighted by Crippen LogP contribution is -2.53. The first-order valence-electron chi connectivity index (χ1n) is 15.1. The first-order valence-corrected chi connectivity index (χ1v) is 16.6. The lowest BCUT2D eigenvalue weighted by molar-refractivity contribution is -0.385. The second-order valence-corrected chi connectivity index (χ2v) is 13.1. The average Bonchev–Trinajstić information content (AvgIpc) is 3.56. The van der Waals surface area contributed by atoms with Gasteiger partial charge < -0.3 is 19.7 Å². The maximum absolute atomic E-state index is 14.3.